The number of hydrogen-bond donors (Lipinski definition) is 1. The van der Waals surface area contributed by atoms with E-state index in [4.69, 9.17) is 0 Å². The molecule has 0 saturated carbocycles. The Morgan fingerprint density at radius 2 is 1.84 bits per heavy atom. The van der Waals surface area contributed by atoms with Crippen molar-refractivity contribution in [2.45, 2.75) is 24.3 Å². The Labute approximate surface area is 144 Å². The van der Waals surface area contributed by atoms with Gasteiger partial charge in [0, 0.05) is 31.4 Å². The van der Waals surface area contributed by atoms with Gasteiger partial charge in [-0.05, 0) is 31.0 Å². The predicted octanol–water partition coefficient (Wildman–Crippen LogP) is 1.46. The Morgan fingerprint density at radius 1 is 1.16 bits per heavy atom. The summed E-state index contributed by atoms with van der Waals surface area (Å²) in [6, 6.07) is 6.37. The maximum atomic E-state index is 12.3. The van der Waals surface area contributed by atoms with Crippen LogP contribution in [0.4, 0.5) is 11.6 Å². The van der Waals surface area contributed by atoms with Crippen LogP contribution in [0.5, 0.6) is 0 Å². The molecule has 3 rings (SSSR count). The number of nitrogens with zero attached hydrogens (tertiary/aromatic N) is 4. The molecule has 10 heteroatoms. The molecule has 1 fully saturated rings. The number of aromatic nitrogens is 2. The minimum atomic E-state index is -3.78. The SMILES string of the molecule is O=[N+]([O-])c1ccc(S(=O)(=O)NCc2ccnc(N3CCCC3)n2)cc1. The van der Waals surface area contributed by atoms with Crippen molar-refractivity contribution >= 4 is 21.7 Å². The van der Waals surface area contributed by atoms with Crippen LogP contribution in [0, 0.1) is 10.1 Å². The van der Waals surface area contributed by atoms with Gasteiger partial charge in [0.25, 0.3) is 5.69 Å². The van der Waals surface area contributed by atoms with Gasteiger partial charge in [-0.3, -0.25) is 10.1 Å². The van der Waals surface area contributed by atoms with Crippen molar-refractivity contribution in [1.29, 1.82) is 0 Å². The lowest BCUT2D eigenvalue weighted by atomic mass is 10.3. The molecule has 2 heterocycles. The van der Waals surface area contributed by atoms with E-state index in [1.165, 1.54) is 12.1 Å². The molecular weight excluding hydrogens is 346 g/mol. The van der Waals surface area contributed by atoms with Gasteiger partial charge in [0.1, 0.15) is 0 Å². The number of benzene rings is 1. The average Bonchev–Trinajstić information content (AvgIpc) is 3.15. The molecule has 0 spiro atoms. The Hall–Kier alpha value is -2.59. The fraction of sp³-hybridized carbons (Fsp3) is 0.333. The molecule has 1 aliphatic heterocycles. The number of hydrogen-bond acceptors (Lipinski definition) is 7. The van der Waals surface area contributed by atoms with E-state index in [0.29, 0.717) is 11.6 Å². The maximum absolute atomic E-state index is 12.3. The lowest BCUT2D eigenvalue weighted by molar-refractivity contribution is -0.384. The smallest absolute Gasteiger partial charge is 0.269 e. The fourth-order valence-electron chi connectivity index (χ4n) is 2.55. The van der Waals surface area contributed by atoms with E-state index in [2.05, 4.69) is 19.6 Å². The monoisotopic (exact) mass is 363 g/mol. The third kappa shape index (κ3) is 4.09. The zero-order chi connectivity index (χ0) is 17.9. The molecule has 1 saturated heterocycles. The van der Waals surface area contributed by atoms with Crippen LogP contribution in [-0.2, 0) is 16.6 Å². The fourth-order valence-corrected chi connectivity index (χ4v) is 3.55. The zero-order valence-corrected chi connectivity index (χ0v) is 14.1. The molecular formula is C15H17N5O4S. The zero-order valence-electron chi connectivity index (χ0n) is 13.3. The topological polar surface area (TPSA) is 118 Å². The summed E-state index contributed by atoms with van der Waals surface area (Å²) in [5.41, 5.74) is 0.396. The second-order valence-electron chi connectivity index (χ2n) is 5.62. The molecule has 25 heavy (non-hydrogen) atoms. The number of anilines is 1. The lowest BCUT2D eigenvalue weighted by Crippen LogP contribution is -2.25. The van der Waals surface area contributed by atoms with E-state index >= 15 is 0 Å². The minimum Gasteiger partial charge on any atom is -0.341 e. The molecule has 9 nitrogen and oxygen atoms in total. The van der Waals surface area contributed by atoms with Crippen molar-refractivity contribution in [3.8, 4) is 0 Å². The molecule has 0 atom stereocenters. The van der Waals surface area contributed by atoms with E-state index < -0.39 is 14.9 Å². The van der Waals surface area contributed by atoms with Crippen molar-refractivity contribution in [2.24, 2.45) is 0 Å². The summed E-state index contributed by atoms with van der Waals surface area (Å²) >= 11 is 0. The molecule has 1 N–H and O–H groups in total. The van der Waals surface area contributed by atoms with E-state index in [1.54, 1.807) is 12.3 Å². The van der Waals surface area contributed by atoms with Crippen molar-refractivity contribution in [3.05, 3.63) is 52.3 Å². The van der Waals surface area contributed by atoms with Crippen molar-refractivity contribution in [3.63, 3.8) is 0 Å². The largest absolute Gasteiger partial charge is 0.341 e. The van der Waals surface area contributed by atoms with Crippen LogP contribution < -0.4 is 9.62 Å². The molecule has 1 aliphatic rings. The number of rotatable bonds is 6. The summed E-state index contributed by atoms with van der Waals surface area (Å²) in [6.45, 7) is 1.82. The number of sulfonamides is 1. The highest BCUT2D eigenvalue weighted by atomic mass is 32.2. The van der Waals surface area contributed by atoms with Gasteiger partial charge in [0.05, 0.1) is 22.1 Å². The summed E-state index contributed by atoms with van der Waals surface area (Å²) in [4.78, 5) is 20.7. The van der Waals surface area contributed by atoms with Crippen molar-refractivity contribution in [1.82, 2.24) is 14.7 Å². The van der Waals surface area contributed by atoms with Crippen LogP contribution in [0.1, 0.15) is 18.5 Å². The molecule has 1 aromatic carbocycles. The first kappa shape index (κ1) is 17.2. The summed E-state index contributed by atoms with van der Waals surface area (Å²) in [5, 5.41) is 10.6. The molecule has 0 amide bonds. The molecule has 1 aromatic heterocycles. The second kappa shape index (κ2) is 7.11. The number of nitro groups is 1. The quantitative estimate of drug-likeness (QED) is 0.609. The number of non-ortho nitro benzene ring substituents is 1. The molecule has 0 radical (unpaired) electrons. The van der Waals surface area contributed by atoms with Crippen LogP contribution in [0.3, 0.4) is 0 Å². The molecule has 132 valence electrons. The standard InChI is InChI=1S/C15H17N5O4S/c21-20(22)13-3-5-14(6-4-13)25(23,24)17-11-12-7-8-16-15(18-12)19-9-1-2-10-19/h3-8,17H,1-2,9-11H2. The predicted molar refractivity (Wildman–Crippen MR) is 90.6 cm³/mol. The number of nitrogens with one attached hydrogen (secondary N) is 1. The lowest BCUT2D eigenvalue weighted by Gasteiger charge is -2.15. The normalized spacial score (nSPS) is 14.6. The van der Waals surface area contributed by atoms with Crippen molar-refractivity contribution in [2.75, 3.05) is 18.0 Å². The molecule has 0 bridgehead atoms. The summed E-state index contributed by atoms with van der Waals surface area (Å²) in [6.07, 6.45) is 3.80. The third-order valence-electron chi connectivity index (χ3n) is 3.89. The average molecular weight is 363 g/mol. The van der Waals surface area contributed by atoms with E-state index in [1.807, 2.05) is 0 Å². The van der Waals surface area contributed by atoms with Gasteiger partial charge in [-0.1, -0.05) is 0 Å². The highest BCUT2D eigenvalue weighted by Gasteiger charge is 2.18. The van der Waals surface area contributed by atoms with Gasteiger partial charge in [0.15, 0.2) is 0 Å². The van der Waals surface area contributed by atoms with Crippen LogP contribution >= 0.6 is 0 Å². The Balaban J connectivity index is 1.69. The van der Waals surface area contributed by atoms with Crippen LogP contribution in [0.2, 0.25) is 0 Å². The second-order valence-corrected chi connectivity index (χ2v) is 7.38. The van der Waals surface area contributed by atoms with Crippen LogP contribution in [-0.4, -0.2) is 36.4 Å². The van der Waals surface area contributed by atoms with E-state index in [-0.39, 0.29) is 17.1 Å². The van der Waals surface area contributed by atoms with E-state index in [9.17, 15) is 18.5 Å². The minimum absolute atomic E-state index is 0.0165. The molecule has 0 aliphatic carbocycles. The molecule has 2 aromatic rings. The summed E-state index contributed by atoms with van der Waals surface area (Å²) in [7, 11) is -3.78. The van der Waals surface area contributed by atoms with Crippen LogP contribution in [0.15, 0.2) is 41.4 Å². The first-order valence-corrected chi connectivity index (χ1v) is 9.25. The van der Waals surface area contributed by atoms with Gasteiger partial charge in [-0.25, -0.2) is 23.1 Å². The summed E-state index contributed by atoms with van der Waals surface area (Å²) in [5.74, 6) is 0.601. The third-order valence-corrected chi connectivity index (χ3v) is 5.31. The number of nitro benzene ring substituents is 1. The van der Waals surface area contributed by atoms with Gasteiger partial charge < -0.3 is 4.90 Å². The first-order chi connectivity index (χ1) is 12.0. The first-order valence-electron chi connectivity index (χ1n) is 7.77. The van der Waals surface area contributed by atoms with Gasteiger partial charge in [-0.2, -0.15) is 0 Å². The van der Waals surface area contributed by atoms with Gasteiger partial charge >= 0.3 is 0 Å². The highest BCUT2D eigenvalue weighted by Crippen LogP contribution is 2.17. The van der Waals surface area contributed by atoms with Crippen molar-refractivity contribution < 1.29 is 13.3 Å². The Bertz CT molecular complexity index is 864. The Kier molecular flexibility index (Phi) is 4.91. The molecule has 0 unspecified atom stereocenters. The van der Waals surface area contributed by atoms with Crippen LogP contribution in [0.25, 0.3) is 0 Å². The highest BCUT2D eigenvalue weighted by molar-refractivity contribution is 7.89. The van der Waals surface area contributed by atoms with Gasteiger partial charge in [-0.15, -0.1) is 0 Å². The van der Waals surface area contributed by atoms with E-state index in [0.717, 1.165) is 38.1 Å². The maximum Gasteiger partial charge on any atom is 0.269 e. The van der Waals surface area contributed by atoms with Gasteiger partial charge in [0.2, 0.25) is 16.0 Å². The Morgan fingerprint density at radius 3 is 2.48 bits per heavy atom. The summed E-state index contributed by atoms with van der Waals surface area (Å²) < 4.78 is 27.0.